The summed E-state index contributed by atoms with van der Waals surface area (Å²) in [4.78, 5) is 18.9. The first-order valence-corrected chi connectivity index (χ1v) is 12.7. The van der Waals surface area contributed by atoms with Gasteiger partial charge in [0.2, 0.25) is 0 Å². The van der Waals surface area contributed by atoms with Gasteiger partial charge in [0.15, 0.2) is 4.88 Å². The molecule has 1 N–H and O–H groups in total. The van der Waals surface area contributed by atoms with Gasteiger partial charge in [-0.05, 0) is 45.0 Å². The largest absolute Gasteiger partial charge is 0.490 e. The maximum absolute atomic E-state index is 12.0. The van der Waals surface area contributed by atoms with Crippen molar-refractivity contribution in [1.82, 2.24) is 14.5 Å². The molecule has 1 aliphatic rings. The Kier molecular flexibility index (Phi) is 6.69. The van der Waals surface area contributed by atoms with Crippen molar-refractivity contribution >= 4 is 39.9 Å². The molecule has 0 saturated carbocycles. The molecule has 1 atom stereocenters. The molecule has 1 saturated heterocycles. The average Bonchev–Trinajstić information content (AvgIpc) is 3.44. The van der Waals surface area contributed by atoms with Gasteiger partial charge in [-0.15, -0.1) is 11.3 Å². The van der Waals surface area contributed by atoms with Crippen molar-refractivity contribution in [2.24, 2.45) is 0 Å². The summed E-state index contributed by atoms with van der Waals surface area (Å²) < 4.78 is 14.2. The third kappa shape index (κ3) is 5.00. The molecule has 182 valence electrons. The lowest BCUT2D eigenvalue weighted by molar-refractivity contribution is 0.0695. The molecule has 2 aromatic carbocycles. The third-order valence-electron chi connectivity index (χ3n) is 6.25. The molecule has 9 heteroatoms. The van der Waals surface area contributed by atoms with Crippen LogP contribution < -0.4 is 9.47 Å². The smallest absolute Gasteiger partial charge is 0.349 e. The molecule has 35 heavy (non-hydrogen) atoms. The maximum Gasteiger partial charge on any atom is 0.349 e. The fourth-order valence-electron chi connectivity index (χ4n) is 4.31. The quantitative estimate of drug-likeness (QED) is 0.325. The lowest BCUT2D eigenvalue weighted by Gasteiger charge is -2.29. The molecule has 7 nitrogen and oxygen atoms in total. The Morgan fingerprint density at radius 2 is 1.97 bits per heavy atom. The molecule has 5 rings (SSSR count). The Morgan fingerprint density at radius 1 is 1.20 bits per heavy atom. The highest BCUT2D eigenvalue weighted by atomic mass is 35.5. The monoisotopic (exact) mass is 511 g/mol. The predicted molar refractivity (Wildman–Crippen MR) is 138 cm³/mol. The molecular formula is C26H26ClN3O4S. The number of piperidine rings is 1. The lowest BCUT2D eigenvalue weighted by atomic mass is 10.1. The van der Waals surface area contributed by atoms with Crippen molar-refractivity contribution in [3.63, 3.8) is 0 Å². The zero-order chi connectivity index (χ0) is 24.5. The van der Waals surface area contributed by atoms with Gasteiger partial charge in [-0.2, -0.15) is 0 Å². The molecule has 1 fully saturated rings. The van der Waals surface area contributed by atoms with Crippen molar-refractivity contribution in [1.29, 1.82) is 0 Å². The normalized spacial score (nSPS) is 15.9. The van der Waals surface area contributed by atoms with Gasteiger partial charge in [0.05, 0.1) is 11.0 Å². The van der Waals surface area contributed by atoms with E-state index in [1.807, 2.05) is 47.9 Å². The van der Waals surface area contributed by atoms with Gasteiger partial charge in [0.25, 0.3) is 0 Å². The predicted octanol–water partition coefficient (Wildman–Crippen LogP) is 6.05. The van der Waals surface area contributed by atoms with Crippen molar-refractivity contribution < 1.29 is 19.4 Å². The number of aromatic nitrogens is 2. The van der Waals surface area contributed by atoms with E-state index in [4.69, 9.17) is 21.1 Å². The molecule has 0 amide bonds. The minimum Gasteiger partial charge on any atom is -0.490 e. The van der Waals surface area contributed by atoms with Gasteiger partial charge in [-0.1, -0.05) is 29.8 Å². The number of likely N-dealkylation sites (tertiary alicyclic amines) is 1. The first-order chi connectivity index (χ1) is 16.9. The van der Waals surface area contributed by atoms with E-state index in [1.54, 1.807) is 18.5 Å². The van der Waals surface area contributed by atoms with E-state index < -0.39 is 12.1 Å². The number of carbonyl (C=O) groups is 1. The van der Waals surface area contributed by atoms with Crippen LogP contribution in [0.15, 0.2) is 54.9 Å². The number of imidazole rings is 1. The minimum atomic E-state index is -1.04. The lowest BCUT2D eigenvalue weighted by Crippen LogP contribution is -2.35. The number of halogens is 1. The molecule has 0 radical (unpaired) electrons. The molecule has 3 heterocycles. The highest BCUT2D eigenvalue weighted by Crippen LogP contribution is 2.37. The van der Waals surface area contributed by atoms with E-state index in [0.29, 0.717) is 15.8 Å². The highest BCUT2D eigenvalue weighted by Gasteiger charge is 2.23. The van der Waals surface area contributed by atoms with Gasteiger partial charge in [0.1, 0.15) is 35.0 Å². The first kappa shape index (κ1) is 23.7. The number of thiophene rings is 1. The molecule has 1 aliphatic heterocycles. The van der Waals surface area contributed by atoms with E-state index in [9.17, 15) is 9.90 Å². The second-order valence-corrected chi connectivity index (χ2v) is 10.2. The van der Waals surface area contributed by atoms with Crippen LogP contribution in [-0.4, -0.2) is 51.8 Å². The Morgan fingerprint density at radius 3 is 2.71 bits per heavy atom. The summed E-state index contributed by atoms with van der Waals surface area (Å²) in [7, 11) is 2.13. The Labute approximate surface area is 212 Å². The van der Waals surface area contributed by atoms with E-state index in [1.165, 1.54) is 0 Å². The number of carboxylic acid groups (broad SMARTS) is 1. The fraction of sp³-hybridized carbons (Fsp3) is 0.308. The van der Waals surface area contributed by atoms with Crippen LogP contribution >= 0.6 is 22.9 Å². The average molecular weight is 512 g/mol. The number of ether oxygens (including phenoxy) is 2. The van der Waals surface area contributed by atoms with Crippen LogP contribution in [0.4, 0.5) is 0 Å². The topological polar surface area (TPSA) is 76.8 Å². The maximum atomic E-state index is 12.0. The number of benzene rings is 2. The molecular weight excluding hydrogens is 486 g/mol. The standard InChI is InChI=1S/C26H26ClN3O4S/c1-16(19-5-3-4-6-20(19)27)33-23-14-24(35-25(23)26(31)32)30-15-28-21-8-7-18(13-22(21)30)34-17-9-11-29(2)12-10-17/h3-8,13-17H,9-12H2,1-2H3,(H,31,32)/t16-/m1/s1. The molecule has 0 aliphatic carbocycles. The summed E-state index contributed by atoms with van der Waals surface area (Å²) >= 11 is 7.45. The summed E-state index contributed by atoms with van der Waals surface area (Å²) in [5.74, 6) is 0.0384. The van der Waals surface area contributed by atoms with E-state index in [2.05, 4.69) is 16.9 Å². The molecule has 4 aromatic rings. The van der Waals surface area contributed by atoms with Crippen LogP contribution in [0.2, 0.25) is 5.02 Å². The summed E-state index contributed by atoms with van der Waals surface area (Å²) in [6.07, 6.45) is 3.45. The number of nitrogens with zero attached hydrogens (tertiary/aromatic N) is 3. The van der Waals surface area contributed by atoms with Gasteiger partial charge >= 0.3 is 5.97 Å². The third-order valence-corrected chi connectivity index (χ3v) is 7.70. The number of rotatable bonds is 7. The van der Waals surface area contributed by atoms with E-state index in [0.717, 1.165) is 59.6 Å². The van der Waals surface area contributed by atoms with Gasteiger partial charge in [0, 0.05) is 35.8 Å². The Bertz CT molecular complexity index is 1360. The first-order valence-electron chi connectivity index (χ1n) is 11.5. The van der Waals surface area contributed by atoms with Crippen molar-refractivity contribution in [3.8, 4) is 16.5 Å². The number of hydrogen-bond acceptors (Lipinski definition) is 6. The minimum absolute atomic E-state index is 0.125. The zero-order valence-electron chi connectivity index (χ0n) is 19.5. The molecule has 2 aromatic heterocycles. The molecule has 0 unspecified atom stereocenters. The second kappa shape index (κ2) is 9.89. The zero-order valence-corrected chi connectivity index (χ0v) is 21.1. The van der Waals surface area contributed by atoms with Crippen molar-refractivity contribution in [2.75, 3.05) is 20.1 Å². The van der Waals surface area contributed by atoms with Gasteiger partial charge < -0.3 is 19.5 Å². The highest BCUT2D eigenvalue weighted by molar-refractivity contribution is 7.16. The number of carboxylic acids is 1. The Balaban J connectivity index is 1.44. The SMILES string of the molecule is C[C@@H](Oc1cc(-n2cnc3ccc(OC4CCN(C)CC4)cc32)sc1C(=O)O)c1ccccc1Cl. The van der Waals surface area contributed by atoms with Crippen LogP contribution in [0.5, 0.6) is 11.5 Å². The van der Waals surface area contributed by atoms with Gasteiger partial charge in [-0.3, -0.25) is 4.57 Å². The summed E-state index contributed by atoms with van der Waals surface area (Å²) in [5, 5.41) is 11.1. The van der Waals surface area contributed by atoms with Gasteiger partial charge in [-0.25, -0.2) is 9.78 Å². The number of fused-ring (bicyclic) bond motifs is 1. The van der Waals surface area contributed by atoms with Crippen LogP contribution in [0, 0.1) is 0 Å². The van der Waals surface area contributed by atoms with Crippen LogP contribution in [0.25, 0.3) is 16.0 Å². The van der Waals surface area contributed by atoms with Crippen LogP contribution in [-0.2, 0) is 0 Å². The van der Waals surface area contributed by atoms with Crippen LogP contribution in [0.1, 0.15) is 41.1 Å². The molecule has 0 bridgehead atoms. The van der Waals surface area contributed by atoms with E-state index >= 15 is 0 Å². The summed E-state index contributed by atoms with van der Waals surface area (Å²) in [6.45, 7) is 3.89. The summed E-state index contributed by atoms with van der Waals surface area (Å²) in [6, 6.07) is 15.0. The number of aromatic carboxylic acids is 1. The van der Waals surface area contributed by atoms with Crippen molar-refractivity contribution in [3.05, 3.63) is 70.3 Å². The van der Waals surface area contributed by atoms with Crippen molar-refractivity contribution in [2.45, 2.75) is 32.0 Å². The fourth-order valence-corrected chi connectivity index (χ4v) is 5.51. The van der Waals surface area contributed by atoms with Crippen LogP contribution in [0.3, 0.4) is 0 Å². The second-order valence-electron chi connectivity index (χ2n) is 8.75. The Hall–Kier alpha value is -3.07. The molecule has 0 spiro atoms. The summed E-state index contributed by atoms with van der Waals surface area (Å²) in [5.41, 5.74) is 2.44. The number of hydrogen-bond donors (Lipinski definition) is 1. The van der Waals surface area contributed by atoms with E-state index in [-0.39, 0.29) is 11.0 Å².